The second-order valence-electron chi connectivity index (χ2n) is 5.56. The molecule has 0 aromatic heterocycles. The Morgan fingerprint density at radius 2 is 1.88 bits per heavy atom. The lowest BCUT2D eigenvalue weighted by molar-refractivity contribution is 0.306. The van der Waals surface area contributed by atoms with Gasteiger partial charge in [0.1, 0.15) is 12.4 Å². The molecule has 24 heavy (non-hydrogen) atoms. The Morgan fingerprint density at radius 3 is 2.62 bits per heavy atom. The molecule has 5 heteroatoms. The average Bonchev–Trinajstić information content (AvgIpc) is 2.54. The first-order valence-corrected chi connectivity index (χ1v) is 8.81. The quantitative estimate of drug-likeness (QED) is 0.511. The van der Waals surface area contributed by atoms with Crippen LogP contribution in [0.3, 0.4) is 0 Å². The summed E-state index contributed by atoms with van der Waals surface area (Å²) in [7, 11) is 0. The zero-order valence-corrected chi connectivity index (χ0v) is 16.2. The number of benzene rings is 2. The van der Waals surface area contributed by atoms with Gasteiger partial charge in [-0.2, -0.15) is 0 Å². The predicted octanol–water partition coefficient (Wildman–Crippen LogP) is 6.27. The first-order chi connectivity index (χ1) is 11.2. The van der Waals surface area contributed by atoms with Crippen LogP contribution in [0.2, 0.25) is 10.0 Å². The minimum absolute atomic E-state index is 0. The van der Waals surface area contributed by atoms with E-state index in [0.717, 1.165) is 24.4 Å². The molecule has 0 aliphatic rings. The molecule has 0 bridgehead atoms. The van der Waals surface area contributed by atoms with Gasteiger partial charge in [-0.25, -0.2) is 0 Å². The van der Waals surface area contributed by atoms with E-state index in [-0.39, 0.29) is 12.4 Å². The molecule has 132 valence electrons. The molecule has 0 heterocycles. The predicted molar refractivity (Wildman–Crippen MR) is 106 cm³/mol. The minimum Gasteiger partial charge on any atom is -0.489 e. The third-order valence-electron chi connectivity index (χ3n) is 3.59. The van der Waals surface area contributed by atoms with E-state index in [4.69, 9.17) is 27.9 Å². The van der Waals surface area contributed by atoms with E-state index < -0.39 is 0 Å². The van der Waals surface area contributed by atoms with E-state index in [9.17, 15) is 0 Å². The summed E-state index contributed by atoms with van der Waals surface area (Å²) in [6.07, 6.45) is 3.75. The minimum atomic E-state index is 0. The van der Waals surface area contributed by atoms with Gasteiger partial charge in [-0.15, -0.1) is 12.4 Å². The number of nitrogens with one attached hydrogen (secondary N) is 1. The Labute approximate surface area is 160 Å². The molecular formula is C19H24Cl3NO. The maximum atomic E-state index is 6.16. The fourth-order valence-electron chi connectivity index (χ4n) is 2.28. The van der Waals surface area contributed by atoms with Crippen LogP contribution >= 0.6 is 35.6 Å². The molecule has 0 spiro atoms. The number of rotatable bonds is 9. The molecule has 0 saturated carbocycles. The van der Waals surface area contributed by atoms with Crippen molar-refractivity contribution in [3.8, 4) is 5.75 Å². The highest BCUT2D eigenvalue weighted by Crippen LogP contribution is 2.23. The summed E-state index contributed by atoms with van der Waals surface area (Å²) in [5.41, 5.74) is 2.15. The van der Waals surface area contributed by atoms with Gasteiger partial charge in [0.15, 0.2) is 0 Å². The second kappa shape index (κ2) is 11.6. The van der Waals surface area contributed by atoms with Gasteiger partial charge in [0.2, 0.25) is 0 Å². The lowest BCUT2D eigenvalue weighted by Crippen LogP contribution is -2.14. The molecule has 0 amide bonds. The molecular weight excluding hydrogens is 365 g/mol. The first-order valence-electron chi connectivity index (χ1n) is 8.05. The van der Waals surface area contributed by atoms with Crippen LogP contribution in [0.5, 0.6) is 5.75 Å². The molecule has 0 fully saturated rings. The molecule has 1 N–H and O–H groups in total. The van der Waals surface area contributed by atoms with Crippen molar-refractivity contribution in [1.29, 1.82) is 0 Å². The largest absolute Gasteiger partial charge is 0.489 e. The Kier molecular flexibility index (Phi) is 10.2. The van der Waals surface area contributed by atoms with Gasteiger partial charge in [-0.3, -0.25) is 0 Å². The Morgan fingerprint density at radius 1 is 1.04 bits per heavy atom. The van der Waals surface area contributed by atoms with Gasteiger partial charge in [0, 0.05) is 22.2 Å². The highest BCUT2D eigenvalue weighted by atomic mass is 35.5. The zero-order chi connectivity index (χ0) is 16.5. The molecule has 2 rings (SSSR count). The fraction of sp³-hybridized carbons (Fsp3) is 0.368. The van der Waals surface area contributed by atoms with Crippen molar-refractivity contribution in [3.05, 3.63) is 63.6 Å². The van der Waals surface area contributed by atoms with Crippen LogP contribution in [0, 0.1) is 0 Å². The molecule has 2 aromatic rings. The Bertz CT molecular complexity index is 619. The smallest absolute Gasteiger partial charge is 0.120 e. The maximum Gasteiger partial charge on any atom is 0.120 e. The topological polar surface area (TPSA) is 21.3 Å². The SMILES string of the molecule is CCCCCNCc1cccc(OCc2ccc(Cl)cc2Cl)c1.Cl. The molecule has 2 nitrogen and oxygen atoms in total. The van der Waals surface area contributed by atoms with Gasteiger partial charge in [0.25, 0.3) is 0 Å². The number of unbranched alkanes of at least 4 members (excludes halogenated alkanes) is 2. The van der Waals surface area contributed by atoms with E-state index in [1.54, 1.807) is 6.07 Å². The summed E-state index contributed by atoms with van der Waals surface area (Å²) < 4.78 is 5.84. The number of hydrogen-bond donors (Lipinski definition) is 1. The van der Waals surface area contributed by atoms with Gasteiger partial charge >= 0.3 is 0 Å². The van der Waals surface area contributed by atoms with Crippen LogP contribution in [0.1, 0.15) is 37.3 Å². The second-order valence-corrected chi connectivity index (χ2v) is 6.40. The van der Waals surface area contributed by atoms with Crippen LogP contribution in [0.15, 0.2) is 42.5 Å². The van der Waals surface area contributed by atoms with E-state index >= 15 is 0 Å². The van der Waals surface area contributed by atoms with Crippen LogP contribution in [-0.4, -0.2) is 6.54 Å². The third kappa shape index (κ3) is 7.31. The highest BCUT2D eigenvalue weighted by Gasteiger charge is 2.03. The van der Waals surface area contributed by atoms with Gasteiger partial charge in [-0.1, -0.05) is 61.2 Å². The zero-order valence-electron chi connectivity index (χ0n) is 13.9. The van der Waals surface area contributed by atoms with Crippen molar-refractivity contribution in [2.75, 3.05) is 6.54 Å². The van der Waals surface area contributed by atoms with Crippen molar-refractivity contribution in [2.24, 2.45) is 0 Å². The van der Waals surface area contributed by atoms with Gasteiger partial charge < -0.3 is 10.1 Å². The lowest BCUT2D eigenvalue weighted by Gasteiger charge is -2.10. The van der Waals surface area contributed by atoms with Crippen molar-refractivity contribution >= 4 is 35.6 Å². The average molecular weight is 389 g/mol. The molecule has 0 saturated heterocycles. The van der Waals surface area contributed by atoms with E-state index in [2.05, 4.69) is 24.4 Å². The number of ether oxygens (including phenoxy) is 1. The summed E-state index contributed by atoms with van der Waals surface area (Å²) >= 11 is 12.1. The summed E-state index contributed by atoms with van der Waals surface area (Å²) in [6, 6.07) is 13.6. The standard InChI is InChI=1S/C19H23Cl2NO.ClH/c1-2-3-4-10-22-13-15-6-5-7-18(11-15)23-14-16-8-9-17(20)12-19(16)21;/h5-9,11-12,22H,2-4,10,13-14H2,1H3;1H. The summed E-state index contributed by atoms with van der Waals surface area (Å²) in [6.45, 7) is 4.57. The lowest BCUT2D eigenvalue weighted by atomic mass is 10.2. The molecule has 0 aliphatic carbocycles. The van der Waals surface area contributed by atoms with Crippen LogP contribution in [0.4, 0.5) is 0 Å². The Hall–Kier alpha value is -0.930. The molecule has 0 aliphatic heterocycles. The fourth-order valence-corrected chi connectivity index (χ4v) is 2.74. The number of hydrogen-bond acceptors (Lipinski definition) is 2. The summed E-state index contributed by atoms with van der Waals surface area (Å²) in [5, 5.41) is 4.73. The van der Waals surface area contributed by atoms with E-state index in [1.165, 1.54) is 24.8 Å². The normalized spacial score (nSPS) is 10.3. The molecule has 0 atom stereocenters. The van der Waals surface area contributed by atoms with Crippen LogP contribution < -0.4 is 10.1 Å². The van der Waals surface area contributed by atoms with E-state index in [0.29, 0.717) is 16.7 Å². The first kappa shape index (κ1) is 21.1. The van der Waals surface area contributed by atoms with Crippen molar-refractivity contribution in [2.45, 2.75) is 39.3 Å². The van der Waals surface area contributed by atoms with Crippen molar-refractivity contribution in [3.63, 3.8) is 0 Å². The Balaban J connectivity index is 0.00000288. The van der Waals surface area contributed by atoms with E-state index in [1.807, 2.05) is 24.3 Å². The van der Waals surface area contributed by atoms with Crippen molar-refractivity contribution in [1.82, 2.24) is 5.32 Å². The monoisotopic (exact) mass is 387 g/mol. The third-order valence-corrected chi connectivity index (χ3v) is 4.18. The number of halogens is 3. The summed E-state index contributed by atoms with van der Waals surface area (Å²) in [4.78, 5) is 0. The molecule has 0 unspecified atom stereocenters. The summed E-state index contributed by atoms with van der Waals surface area (Å²) in [5.74, 6) is 0.851. The van der Waals surface area contributed by atoms with Gasteiger partial charge in [-0.05, 0) is 42.8 Å². The van der Waals surface area contributed by atoms with Gasteiger partial charge in [0.05, 0.1) is 0 Å². The highest BCUT2D eigenvalue weighted by molar-refractivity contribution is 6.35. The molecule has 2 aromatic carbocycles. The van der Waals surface area contributed by atoms with Crippen LogP contribution in [0.25, 0.3) is 0 Å². The molecule has 0 radical (unpaired) electrons. The van der Waals surface area contributed by atoms with Crippen LogP contribution in [-0.2, 0) is 13.2 Å². The maximum absolute atomic E-state index is 6.16. The van der Waals surface area contributed by atoms with Crippen molar-refractivity contribution < 1.29 is 4.74 Å².